The smallest absolute Gasteiger partial charge is 0.235 e. The first kappa shape index (κ1) is 33.6. The molecule has 0 atom stereocenters. The van der Waals surface area contributed by atoms with Crippen molar-refractivity contribution in [2.75, 3.05) is 0 Å². The molecular weight excluding hydrogens is 719 g/mol. The van der Waals surface area contributed by atoms with Gasteiger partial charge in [0, 0.05) is 43.7 Å². The van der Waals surface area contributed by atoms with Gasteiger partial charge in [-0.3, -0.25) is 4.57 Å². The van der Waals surface area contributed by atoms with Gasteiger partial charge in [-0.25, -0.2) is 9.97 Å². The van der Waals surface area contributed by atoms with Crippen LogP contribution in [0.4, 0.5) is 0 Å². The lowest BCUT2D eigenvalue weighted by molar-refractivity contribution is 0.660. The average Bonchev–Trinajstić information content (AvgIpc) is 3.91. The predicted molar refractivity (Wildman–Crippen MR) is 243 cm³/mol. The van der Waals surface area contributed by atoms with E-state index in [0.717, 1.165) is 72.2 Å². The molecule has 4 nitrogen and oxygen atoms in total. The van der Waals surface area contributed by atoms with Crippen molar-refractivity contribution < 1.29 is 4.42 Å². The van der Waals surface area contributed by atoms with Gasteiger partial charge in [0.15, 0.2) is 0 Å². The highest BCUT2D eigenvalue weighted by Crippen LogP contribution is 2.52. The molecule has 0 radical (unpaired) electrons. The zero-order valence-electron chi connectivity index (χ0n) is 32.6. The number of aromatic nitrogens is 3. The average molecular weight is 756 g/mol. The molecule has 1 aliphatic carbocycles. The van der Waals surface area contributed by atoms with E-state index in [4.69, 9.17) is 14.4 Å². The second kappa shape index (κ2) is 12.7. The highest BCUT2D eigenvalue weighted by atomic mass is 16.3. The summed E-state index contributed by atoms with van der Waals surface area (Å²) in [5.74, 6) is 0.646. The van der Waals surface area contributed by atoms with Crippen molar-refractivity contribution in [2.45, 2.75) is 19.3 Å². The number of benzene rings is 8. The molecule has 278 valence electrons. The number of furan rings is 1. The Morgan fingerprint density at radius 3 is 1.88 bits per heavy atom. The number of nitrogens with zero attached hydrogens (tertiary/aromatic N) is 3. The van der Waals surface area contributed by atoms with Crippen molar-refractivity contribution in [1.82, 2.24) is 14.5 Å². The summed E-state index contributed by atoms with van der Waals surface area (Å²) in [6, 6.07) is 66.9. The minimum Gasteiger partial charge on any atom is -0.455 e. The number of para-hydroxylation sites is 3. The summed E-state index contributed by atoms with van der Waals surface area (Å²) in [5.41, 5.74) is 17.3. The van der Waals surface area contributed by atoms with E-state index in [1.807, 2.05) is 12.1 Å². The van der Waals surface area contributed by atoms with Crippen LogP contribution in [-0.4, -0.2) is 14.5 Å². The molecule has 8 aromatic carbocycles. The Morgan fingerprint density at radius 1 is 0.407 bits per heavy atom. The summed E-state index contributed by atoms with van der Waals surface area (Å²) < 4.78 is 8.77. The minimum atomic E-state index is -0.270. The SMILES string of the molecule is CC1(C)c2cc(-c3cccc4c3oc3ccccc34)ccc2-c2cc3c4ccccc4n(-c4nc(-c5ccccc5)cc(-c5cccc(-c6ccccc6)c5)n4)c3cc21. The molecule has 0 amide bonds. The monoisotopic (exact) mass is 755 g/mol. The van der Waals surface area contributed by atoms with Crippen molar-refractivity contribution in [3.63, 3.8) is 0 Å². The van der Waals surface area contributed by atoms with Gasteiger partial charge in [-0.2, -0.15) is 0 Å². The zero-order chi connectivity index (χ0) is 39.2. The number of hydrogen-bond donors (Lipinski definition) is 0. The lowest BCUT2D eigenvalue weighted by atomic mass is 9.81. The van der Waals surface area contributed by atoms with Crippen molar-refractivity contribution in [3.8, 4) is 61.8 Å². The van der Waals surface area contributed by atoms with Gasteiger partial charge in [0.1, 0.15) is 11.2 Å². The Balaban J connectivity index is 1.05. The molecule has 1 aliphatic rings. The molecule has 0 aliphatic heterocycles. The molecule has 59 heavy (non-hydrogen) atoms. The topological polar surface area (TPSA) is 43.9 Å². The van der Waals surface area contributed by atoms with Crippen LogP contribution in [0.1, 0.15) is 25.0 Å². The molecule has 0 saturated heterocycles. The van der Waals surface area contributed by atoms with Crippen LogP contribution in [0, 0.1) is 0 Å². The molecule has 0 bridgehead atoms. The summed E-state index contributed by atoms with van der Waals surface area (Å²) in [7, 11) is 0. The predicted octanol–water partition coefficient (Wildman–Crippen LogP) is 14.4. The fraction of sp³-hybridized carbons (Fsp3) is 0.0545. The molecule has 4 heteroatoms. The van der Waals surface area contributed by atoms with E-state index in [-0.39, 0.29) is 5.41 Å². The van der Waals surface area contributed by atoms with Gasteiger partial charge in [0.2, 0.25) is 5.95 Å². The van der Waals surface area contributed by atoms with E-state index in [2.05, 4.69) is 194 Å². The molecule has 0 fully saturated rings. The maximum Gasteiger partial charge on any atom is 0.235 e. The summed E-state index contributed by atoms with van der Waals surface area (Å²) >= 11 is 0. The van der Waals surface area contributed by atoms with E-state index in [1.165, 1.54) is 38.6 Å². The van der Waals surface area contributed by atoms with Gasteiger partial charge in [-0.15, -0.1) is 0 Å². The van der Waals surface area contributed by atoms with Gasteiger partial charge in [0.05, 0.1) is 22.4 Å². The third kappa shape index (κ3) is 5.16. The minimum absolute atomic E-state index is 0.270. The molecule has 3 aromatic heterocycles. The second-order valence-corrected chi connectivity index (χ2v) is 16.2. The van der Waals surface area contributed by atoms with E-state index < -0.39 is 0 Å². The van der Waals surface area contributed by atoms with Crippen molar-refractivity contribution >= 4 is 43.7 Å². The lowest BCUT2D eigenvalue weighted by Gasteiger charge is -2.22. The summed E-state index contributed by atoms with van der Waals surface area (Å²) in [6.45, 7) is 4.71. The first-order valence-electron chi connectivity index (χ1n) is 20.2. The quantitative estimate of drug-likeness (QED) is 0.176. The van der Waals surface area contributed by atoms with Gasteiger partial charge in [0.25, 0.3) is 0 Å². The highest BCUT2D eigenvalue weighted by molar-refractivity contribution is 6.12. The van der Waals surface area contributed by atoms with Gasteiger partial charge < -0.3 is 4.42 Å². The Kier molecular flexibility index (Phi) is 7.24. The summed E-state index contributed by atoms with van der Waals surface area (Å²) in [5, 5.41) is 4.64. The second-order valence-electron chi connectivity index (χ2n) is 16.2. The normalized spacial score (nSPS) is 13.1. The maximum atomic E-state index is 6.49. The molecule has 12 rings (SSSR count). The summed E-state index contributed by atoms with van der Waals surface area (Å²) in [4.78, 5) is 10.8. The molecule has 0 spiro atoms. The Bertz CT molecular complexity index is 3460. The zero-order valence-corrected chi connectivity index (χ0v) is 32.6. The van der Waals surface area contributed by atoms with Crippen molar-refractivity contribution in [2.24, 2.45) is 0 Å². The Hall–Kier alpha value is -7.56. The van der Waals surface area contributed by atoms with Crippen LogP contribution in [0.15, 0.2) is 192 Å². The van der Waals surface area contributed by atoms with E-state index in [1.54, 1.807) is 0 Å². The molecule has 0 saturated carbocycles. The Labute approximate surface area is 341 Å². The fourth-order valence-corrected chi connectivity index (χ4v) is 9.48. The molecule has 11 aromatic rings. The standard InChI is InChI=1S/C55H37N3O/c1-55(2)46-30-37(39-23-14-24-43-42-22-10-12-26-52(42)59-53(39)43)27-28-40(46)44-31-45-41-21-9-11-25-50(41)58(51(45)32-47(44)55)54-56-48(35-17-7-4-8-18-35)33-49(57-54)38-20-13-19-36(29-38)34-15-5-3-6-16-34/h3-33H,1-2H3. The van der Waals surface area contributed by atoms with Gasteiger partial charge in [-0.05, 0) is 81.4 Å². The fourth-order valence-electron chi connectivity index (χ4n) is 9.48. The number of fused-ring (bicyclic) bond motifs is 9. The van der Waals surface area contributed by atoms with E-state index in [9.17, 15) is 0 Å². The largest absolute Gasteiger partial charge is 0.455 e. The van der Waals surface area contributed by atoms with Crippen LogP contribution >= 0.6 is 0 Å². The van der Waals surface area contributed by atoms with E-state index in [0.29, 0.717) is 5.95 Å². The molecular formula is C55H37N3O. The van der Waals surface area contributed by atoms with Crippen LogP contribution < -0.4 is 0 Å². The maximum absolute atomic E-state index is 6.49. The third-order valence-corrected chi connectivity index (χ3v) is 12.4. The Morgan fingerprint density at radius 2 is 1.05 bits per heavy atom. The van der Waals surface area contributed by atoms with Crippen molar-refractivity contribution in [3.05, 3.63) is 199 Å². The number of hydrogen-bond acceptors (Lipinski definition) is 3. The highest BCUT2D eigenvalue weighted by Gasteiger charge is 2.37. The molecule has 0 unspecified atom stereocenters. The lowest BCUT2D eigenvalue weighted by Crippen LogP contribution is -2.15. The van der Waals surface area contributed by atoms with Crippen molar-refractivity contribution in [1.29, 1.82) is 0 Å². The third-order valence-electron chi connectivity index (χ3n) is 12.4. The van der Waals surface area contributed by atoms with Crippen LogP contribution in [0.5, 0.6) is 0 Å². The van der Waals surface area contributed by atoms with Crippen LogP contribution in [0.3, 0.4) is 0 Å². The van der Waals surface area contributed by atoms with Gasteiger partial charge in [-0.1, -0.05) is 159 Å². The first-order chi connectivity index (χ1) is 29.0. The first-order valence-corrected chi connectivity index (χ1v) is 20.2. The van der Waals surface area contributed by atoms with E-state index >= 15 is 0 Å². The van der Waals surface area contributed by atoms with Gasteiger partial charge >= 0.3 is 0 Å². The molecule has 3 heterocycles. The molecule has 0 N–H and O–H groups in total. The van der Waals surface area contributed by atoms with Crippen LogP contribution in [0.25, 0.3) is 106 Å². The summed E-state index contributed by atoms with van der Waals surface area (Å²) in [6.07, 6.45) is 0. The number of rotatable bonds is 5. The van der Waals surface area contributed by atoms with Crippen LogP contribution in [-0.2, 0) is 5.41 Å². The van der Waals surface area contributed by atoms with Crippen LogP contribution in [0.2, 0.25) is 0 Å².